The lowest BCUT2D eigenvalue weighted by Crippen LogP contribution is -2.07. The topological polar surface area (TPSA) is 26.3 Å². The van der Waals surface area contributed by atoms with Crippen molar-refractivity contribution in [2.24, 2.45) is 0 Å². The van der Waals surface area contributed by atoms with E-state index in [9.17, 15) is 4.79 Å². The van der Waals surface area contributed by atoms with Crippen LogP contribution in [0.5, 0.6) is 0 Å². The monoisotopic (exact) mass is 134 g/mol. The van der Waals surface area contributed by atoms with Crippen LogP contribution in [0.3, 0.4) is 0 Å². The molecule has 0 aliphatic heterocycles. The van der Waals surface area contributed by atoms with Crippen molar-refractivity contribution in [1.29, 1.82) is 0 Å². The zero-order valence-electron chi connectivity index (χ0n) is 5.05. The molecule has 8 heavy (non-hydrogen) atoms. The summed E-state index contributed by atoms with van der Waals surface area (Å²) in [5, 5.41) is -0.501. The van der Waals surface area contributed by atoms with E-state index < -0.39 is 5.30 Å². The van der Waals surface area contributed by atoms with Crippen molar-refractivity contribution in [3.05, 3.63) is 0 Å². The Balaban J connectivity index is 3.24. The van der Waals surface area contributed by atoms with Gasteiger partial charge in [0.25, 0.3) is 0 Å². The van der Waals surface area contributed by atoms with Crippen LogP contribution in [0.25, 0.3) is 0 Å². The molecule has 0 radical (unpaired) electrons. The van der Waals surface area contributed by atoms with Crippen LogP contribution in [-0.4, -0.2) is 11.4 Å². The lowest BCUT2D eigenvalue weighted by molar-refractivity contribution is 0.131. The van der Waals surface area contributed by atoms with E-state index in [-0.39, 0.29) is 6.10 Å². The molecule has 0 aromatic rings. The maximum Gasteiger partial charge on any atom is 0.364 e. The standard InChI is InChI=1S/C5H10O2S/c1-3-4(2)7-5(6)8/h4H,3H2,1-2H3,(H,6,8). The zero-order valence-corrected chi connectivity index (χ0v) is 5.94. The van der Waals surface area contributed by atoms with Crippen LogP contribution >= 0.6 is 12.6 Å². The minimum absolute atomic E-state index is 0.000000000000000222. The van der Waals surface area contributed by atoms with Crippen LogP contribution in [0.15, 0.2) is 0 Å². The van der Waals surface area contributed by atoms with Gasteiger partial charge in [0, 0.05) is 0 Å². The summed E-state index contributed by atoms with van der Waals surface area (Å²) in [5.74, 6) is 0. The molecule has 48 valence electrons. The SMILES string of the molecule is CCC(C)OC(=O)S. The summed E-state index contributed by atoms with van der Waals surface area (Å²) in [6.07, 6.45) is 0.840. The van der Waals surface area contributed by atoms with E-state index in [1.54, 1.807) is 0 Å². The average molecular weight is 134 g/mol. The molecule has 0 aliphatic rings. The highest BCUT2D eigenvalue weighted by atomic mass is 32.1. The summed E-state index contributed by atoms with van der Waals surface area (Å²) in [5.41, 5.74) is 0. The summed E-state index contributed by atoms with van der Waals surface area (Å²) in [6, 6.07) is 0. The summed E-state index contributed by atoms with van der Waals surface area (Å²) >= 11 is 3.43. The molecule has 0 heterocycles. The maximum atomic E-state index is 10.1. The largest absolute Gasteiger partial charge is 0.455 e. The molecule has 0 aromatic heterocycles. The van der Waals surface area contributed by atoms with E-state index in [0.29, 0.717) is 0 Å². The van der Waals surface area contributed by atoms with Crippen molar-refractivity contribution in [3.8, 4) is 0 Å². The average Bonchev–Trinajstić information content (AvgIpc) is 1.65. The van der Waals surface area contributed by atoms with Crippen molar-refractivity contribution < 1.29 is 9.53 Å². The second kappa shape index (κ2) is 3.78. The van der Waals surface area contributed by atoms with Gasteiger partial charge in [-0.25, -0.2) is 4.79 Å². The van der Waals surface area contributed by atoms with Gasteiger partial charge in [0.15, 0.2) is 0 Å². The minimum atomic E-state index is -0.501. The Bertz CT molecular complexity index is 82.5. The molecule has 0 aromatic carbocycles. The molecule has 0 N–H and O–H groups in total. The van der Waals surface area contributed by atoms with Gasteiger partial charge in [-0.2, -0.15) is 0 Å². The molecular weight excluding hydrogens is 124 g/mol. The maximum absolute atomic E-state index is 10.1. The molecule has 0 bridgehead atoms. The third kappa shape index (κ3) is 3.99. The molecular formula is C5H10O2S. The normalized spacial score (nSPS) is 12.9. The van der Waals surface area contributed by atoms with Gasteiger partial charge in [-0.15, -0.1) is 0 Å². The Morgan fingerprint density at radius 2 is 2.38 bits per heavy atom. The molecule has 1 unspecified atom stereocenters. The first-order valence-electron chi connectivity index (χ1n) is 2.56. The predicted octanol–water partition coefficient (Wildman–Crippen LogP) is 1.85. The fourth-order valence-corrected chi connectivity index (χ4v) is 0.435. The Morgan fingerprint density at radius 3 is 2.50 bits per heavy atom. The first-order chi connectivity index (χ1) is 3.66. The number of hydrogen-bond donors (Lipinski definition) is 1. The third-order valence-corrected chi connectivity index (χ3v) is 0.982. The highest BCUT2D eigenvalue weighted by Crippen LogP contribution is 1.98. The van der Waals surface area contributed by atoms with Crippen LogP contribution in [0.2, 0.25) is 0 Å². The summed E-state index contributed by atoms with van der Waals surface area (Å²) in [7, 11) is 0. The van der Waals surface area contributed by atoms with Gasteiger partial charge in [-0.3, -0.25) is 0 Å². The van der Waals surface area contributed by atoms with Crippen LogP contribution in [0.4, 0.5) is 4.79 Å². The Hall–Kier alpha value is -0.180. The van der Waals surface area contributed by atoms with E-state index in [1.807, 2.05) is 13.8 Å². The van der Waals surface area contributed by atoms with Crippen molar-refractivity contribution in [1.82, 2.24) is 0 Å². The van der Waals surface area contributed by atoms with Crippen LogP contribution in [-0.2, 0) is 4.74 Å². The van der Waals surface area contributed by atoms with Gasteiger partial charge in [0.1, 0.15) is 0 Å². The van der Waals surface area contributed by atoms with Gasteiger partial charge < -0.3 is 4.74 Å². The number of ether oxygens (including phenoxy) is 1. The van der Waals surface area contributed by atoms with Gasteiger partial charge in [0.2, 0.25) is 0 Å². The highest BCUT2D eigenvalue weighted by Gasteiger charge is 1.99. The summed E-state index contributed by atoms with van der Waals surface area (Å²) in [4.78, 5) is 10.1. The summed E-state index contributed by atoms with van der Waals surface area (Å²) in [6.45, 7) is 3.77. The van der Waals surface area contributed by atoms with Crippen molar-refractivity contribution >= 4 is 17.9 Å². The Morgan fingerprint density at radius 1 is 1.88 bits per heavy atom. The Kier molecular flexibility index (Phi) is 3.69. The van der Waals surface area contributed by atoms with E-state index in [0.717, 1.165) is 6.42 Å². The first-order valence-corrected chi connectivity index (χ1v) is 3.01. The van der Waals surface area contributed by atoms with E-state index in [4.69, 9.17) is 0 Å². The number of rotatable bonds is 2. The van der Waals surface area contributed by atoms with Crippen LogP contribution < -0.4 is 0 Å². The number of carbonyl (C=O) groups is 1. The second-order valence-electron chi connectivity index (χ2n) is 1.60. The first kappa shape index (κ1) is 7.82. The molecule has 0 saturated carbocycles. The molecule has 0 rings (SSSR count). The lowest BCUT2D eigenvalue weighted by atomic mass is 10.3. The third-order valence-electron chi connectivity index (χ3n) is 0.877. The number of hydrogen-bond acceptors (Lipinski definition) is 2. The Labute approximate surface area is 54.6 Å². The second-order valence-corrected chi connectivity index (χ2v) is 1.97. The van der Waals surface area contributed by atoms with E-state index in [1.165, 1.54) is 0 Å². The van der Waals surface area contributed by atoms with Crippen LogP contribution in [0, 0.1) is 0 Å². The van der Waals surface area contributed by atoms with Gasteiger partial charge in [0.05, 0.1) is 6.10 Å². The predicted molar refractivity (Wildman–Crippen MR) is 35.2 cm³/mol. The molecule has 0 fully saturated rings. The minimum Gasteiger partial charge on any atom is -0.455 e. The van der Waals surface area contributed by atoms with Crippen LogP contribution in [0.1, 0.15) is 20.3 Å². The molecule has 2 nitrogen and oxygen atoms in total. The van der Waals surface area contributed by atoms with E-state index >= 15 is 0 Å². The molecule has 0 amide bonds. The van der Waals surface area contributed by atoms with Crippen molar-refractivity contribution in [2.75, 3.05) is 0 Å². The smallest absolute Gasteiger partial charge is 0.364 e. The highest BCUT2D eigenvalue weighted by molar-refractivity contribution is 7.96. The van der Waals surface area contributed by atoms with Crippen molar-refractivity contribution in [3.63, 3.8) is 0 Å². The molecule has 0 aliphatic carbocycles. The van der Waals surface area contributed by atoms with Gasteiger partial charge in [-0.05, 0) is 13.3 Å². The van der Waals surface area contributed by atoms with Gasteiger partial charge in [-0.1, -0.05) is 19.6 Å². The fourth-order valence-electron chi connectivity index (χ4n) is 0.255. The number of thiol groups is 1. The zero-order chi connectivity index (χ0) is 6.57. The molecule has 1 atom stereocenters. The molecule has 3 heteroatoms. The summed E-state index contributed by atoms with van der Waals surface area (Å²) < 4.78 is 4.62. The molecule has 0 saturated heterocycles. The van der Waals surface area contributed by atoms with Crippen molar-refractivity contribution in [2.45, 2.75) is 26.4 Å². The lowest BCUT2D eigenvalue weighted by Gasteiger charge is -2.05. The van der Waals surface area contributed by atoms with Gasteiger partial charge >= 0.3 is 5.30 Å². The van der Waals surface area contributed by atoms with E-state index in [2.05, 4.69) is 17.4 Å². The number of carbonyl (C=O) groups excluding carboxylic acids is 1. The molecule has 0 spiro atoms. The quantitative estimate of drug-likeness (QED) is 0.461. The fraction of sp³-hybridized carbons (Fsp3) is 0.800.